The second kappa shape index (κ2) is 12.0. The van der Waals surface area contributed by atoms with Crippen molar-refractivity contribution in [1.82, 2.24) is 19.6 Å². The highest BCUT2D eigenvalue weighted by molar-refractivity contribution is 7.45. The van der Waals surface area contributed by atoms with Gasteiger partial charge in [-0.25, -0.2) is 9.88 Å². The number of rotatable bonds is 10. The van der Waals surface area contributed by atoms with Crippen LogP contribution in [0.2, 0.25) is 0 Å². The molecule has 2 N–H and O–H groups in total. The number of hydrogen-bond donors (Lipinski definition) is 2. The molecule has 198 valence electrons. The highest BCUT2D eigenvalue weighted by Gasteiger charge is 2.35. The van der Waals surface area contributed by atoms with Gasteiger partial charge in [-0.2, -0.15) is 0 Å². The van der Waals surface area contributed by atoms with Crippen LogP contribution in [0.3, 0.4) is 0 Å². The molecule has 11 nitrogen and oxygen atoms in total. The lowest BCUT2D eigenvalue weighted by atomic mass is 10.1. The minimum absolute atomic E-state index is 0.00129. The first-order valence-electron chi connectivity index (χ1n) is 12.1. The van der Waals surface area contributed by atoms with Gasteiger partial charge in [-0.1, -0.05) is 13.0 Å². The first kappa shape index (κ1) is 26.9. The summed E-state index contributed by atoms with van der Waals surface area (Å²) >= 11 is 0. The van der Waals surface area contributed by atoms with Crippen LogP contribution in [0.1, 0.15) is 40.3 Å². The maximum Gasteiger partial charge on any atom is 0.330 e. The molecule has 0 radical (unpaired) electrons. The van der Waals surface area contributed by atoms with Gasteiger partial charge in [0.15, 0.2) is 0 Å². The lowest BCUT2D eigenvalue weighted by Gasteiger charge is -2.24. The van der Waals surface area contributed by atoms with E-state index in [1.807, 2.05) is 37.3 Å². The van der Waals surface area contributed by atoms with Gasteiger partial charge in [0.25, 0.3) is 5.56 Å². The predicted octanol–water partition coefficient (Wildman–Crippen LogP) is 3.26. The third-order valence-electron chi connectivity index (χ3n) is 5.75. The van der Waals surface area contributed by atoms with E-state index in [1.54, 1.807) is 27.0 Å². The van der Waals surface area contributed by atoms with Gasteiger partial charge in [-0.15, -0.1) is 0 Å². The fraction of sp³-hybridized carbons (Fsp3) is 0.440. The van der Waals surface area contributed by atoms with Crippen molar-refractivity contribution in [2.45, 2.75) is 58.6 Å². The summed E-state index contributed by atoms with van der Waals surface area (Å²) in [7, 11) is -1.79. The molecule has 1 aromatic carbocycles. The van der Waals surface area contributed by atoms with Crippen LogP contribution in [-0.2, 0) is 18.8 Å². The monoisotopic (exact) mass is 530 g/mol. The molecule has 0 spiro atoms. The number of fused-ring (bicyclic) bond motifs is 1. The molecule has 0 saturated carbocycles. The largest absolute Gasteiger partial charge is 0.462 e. The van der Waals surface area contributed by atoms with Crippen molar-refractivity contribution < 1.29 is 23.3 Å². The van der Waals surface area contributed by atoms with Gasteiger partial charge >= 0.3 is 20.2 Å². The molecule has 0 aliphatic carbocycles. The number of nitrogens with zero attached hydrogens (tertiary/aromatic N) is 2. The third-order valence-corrected chi connectivity index (χ3v) is 7.09. The van der Waals surface area contributed by atoms with Crippen LogP contribution in [0.25, 0.3) is 10.9 Å². The van der Waals surface area contributed by atoms with E-state index < -0.39 is 38.0 Å². The van der Waals surface area contributed by atoms with E-state index in [2.05, 4.69) is 15.1 Å². The topological polar surface area (TPSA) is 134 Å². The van der Waals surface area contributed by atoms with E-state index in [1.165, 1.54) is 16.8 Å². The molecule has 0 amide bonds. The van der Waals surface area contributed by atoms with E-state index in [0.29, 0.717) is 12.2 Å². The summed E-state index contributed by atoms with van der Waals surface area (Å²) in [5.41, 5.74) is -0.223. The summed E-state index contributed by atoms with van der Waals surface area (Å²) < 4.78 is 25.1. The Kier molecular flexibility index (Phi) is 8.71. The van der Waals surface area contributed by atoms with Gasteiger partial charge in [0.05, 0.1) is 24.3 Å². The van der Waals surface area contributed by atoms with E-state index in [4.69, 9.17) is 18.5 Å². The lowest BCUT2D eigenvalue weighted by Crippen LogP contribution is -2.35. The minimum Gasteiger partial charge on any atom is -0.462 e. The Labute approximate surface area is 215 Å². The average molecular weight is 531 g/mol. The van der Waals surface area contributed by atoms with Gasteiger partial charge in [0.2, 0.25) is 0 Å². The molecule has 37 heavy (non-hydrogen) atoms. The Morgan fingerprint density at radius 2 is 2.05 bits per heavy atom. The number of H-pyrrole nitrogens is 1. The number of esters is 1. The molecule has 5 unspecified atom stereocenters. The summed E-state index contributed by atoms with van der Waals surface area (Å²) in [5, 5.41) is 3.91. The lowest BCUT2D eigenvalue weighted by molar-refractivity contribution is -0.149. The first-order chi connectivity index (χ1) is 17.7. The van der Waals surface area contributed by atoms with Gasteiger partial charge in [-0.3, -0.25) is 24.1 Å². The number of carbonyl (C=O) groups is 1. The van der Waals surface area contributed by atoms with Crippen molar-refractivity contribution in [3.8, 4) is 5.75 Å². The standard InChI is InChI=1S/C25H31N4O7P/c1-15(2)34-24(31)17(4)28-37(36-21-9-5-8-20-19(21)7-6-11-26-20)33-14-18-13-16(3)23(35-18)29-12-10-22(30)27-25(29)32/h5-12,15-18,23,28H,13-14H2,1-4H3,(H,27,30,32). The van der Waals surface area contributed by atoms with Crippen LogP contribution >= 0.6 is 8.53 Å². The van der Waals surface area contributed by atoms with Crippen molar-refractivity contribution >= 4 is 25.4 Å². The predicted molar refractivity (Wildman–Crippen MR) is 138 cm³/mol. The SMILES string of the molecule is CC(C)OC(=O)C(C)NP(OCC1CC(C)C(n2ccc(=O)[nH]c2=O)O1)Oc1cccc2ncccc12. The zero-order valence-corrected chi connectivity index (χ0v) is 22.0. The summed E-state index contributed by atoms with van der Waals surface area (Å²) in [6, 6.07) is 9.86. The number of aromatic amines is 1. The van der Waals surface area contributed by atoms with Crippen molar-refractivity contribution in [3.05, 3.63) is 69.6 Å². The van der Waals surface area contributed by atoms with Crippen molar-refractivity contribution in [2.75, 3.05) is 6.61 Å². The number of pyridine rings is 1. The van der Waals surface area contributed by atoms with Crippen LogP contribution in [0.15, 0.2) is 58.4 Å². The highest BCUT2D eigenvalue weighted by atomic mass is 31.2. The molecule has 3 aromatic rings. The summed E-state index contributed by atoms with van der Waals surface area (Å²) in [6.07, 6.45) is 2.64. The smallest absolute Gasteiger partial charge is 0.330 e. The van der Waals surface area contributed by atoms with Crippen molar-refractivity contribution in [1.29, 1.82) is 0 Å². The van der Waals surface area contributed by atoms with E-state index in [0.717, 1.165) is 10.9 Å². The molecule has 1 fully saturated rings. The Balaban J connectivity index is 1.48. The van der Waals surface area contributed by atoms with Crippen LogP contribution in [0.4, 0.5) is 0 Å². The molecule has 0 bridgehead atoms. The fourth-order valence-corrected chi connectivity index (χ4v) is 5.26. The number of aromatic nitrogens is 3. The first-order valence-corrected chi connectivity index (χ1v) is 13.3. The van der Waals surface area contributed by atoms with Gasteiger partial charge in [-0.05, 0) is 51.5 Å². The zero-order valence-electron chi connectivity index (χ0n) is 21.1. The number of ether oxygens (including phenoxy) is 2. The Hall–Kier alpha value is -3.11. The zero-order chi connectivity index (χ0) is 26.5. The summed E-state index contributed by atoms with van der Waals surface area (Å²) in [6.45, 7) is 7.38. The quantitative estimate of drug-likeness (QED) is 0.299. The van der Waals surface area contributed by atoms with Crippen LogP contribution in [0, 0.1) is 5.92 Å². The molecule has 3 heterocycles. The van der Waals surface area contributed by atoms with Crippen LogP contribution in [-0.4, -0.2) is 45.4 Å². The summed E-state index contributed by atoms with van der Waals surface area (Å²) in [4.78, 5) is 42.7. The molecular formula is C25H31N4O7P. The van der Waals surface area contributed by atoms with Gasteiger partial charge in [0, 0.05) is 29.8 Å². The maximum atomic E-state index is 12.4. The fourth-order valence-electron chi connectivity index (χ4n) is 4.02. The van der Waals surface area contributed by atoms with E-state index >= 15 is 0 Å². The molecule has 1 aliphatic rings. The number of benzene rings is 1. The van der Waals surface area contributed by atoms with Gasteiger partial charge < -0.3 is 18.5 Å². The van der Waals surface area contributed by atoms with Crippen LogP contribution < -0.4 is 20.9 Å². The molecule has 4 rings (SSSR count). The number of hydrogen-bond acceptors (Lipinski definition) is 9. The maximum absolute atomic E-state index is 12.4. The van der Waals surface area contributed by atoms with Crippen molar-refractivity contribution in [3.63, 3.8) is 0 Å². The average Bonchev–Trinajstić information content (AvgIpc) is 3.22. The Morgan fingerprint density at radius 3 is 2.81 bits per heavy atom. The molecule has 1 saturated heterocycles. The molecule has 2 aromatic heterocycles. The Morgan fingerprint density at radius 1 is 1.24 bits per heavy atom. The normalized spacial score (nSPS) is 21.2. The van der Waals surface area contributed by atoms with Gasteiger partial charge in [0.1, 0.15) is 18.0 Å². The van der Waals surface area contributed by atoms with E-state index in [9.17, 15) is 14.4 Å². The highest BCUT2D eigenvalue weighted by Crippen LogP contribution is 2.41. The second-order valence-electron chi connectivity index (χ2n) is 9.19. The molecule has 5 atom stereocenters. The Bertz CT molecular complexity index is 1340. The number of carbonyl (C=O) groups excluding carboxylic acids is 1. The van der Waals surface area contributed by atoms with Crippen LogP contribution in [0.5, 0.6) is 5.75 Å². The second-order valence-corrected chi connectivity index (χ2v) is 10.4. The van der Waals surface area contributed by atoms with E-state index in [-0.39, 0.29) is 24.7 Å². The molecule has 12 heteroatoms. The minimum atomic E-state index is -1.79. The summed E-state index contributed by atoms with van der Waals surface area (Å²) in [5.74, 6) is 0.144. The number of nitrogens with one attached hydrogen (secondary N) is 2. The molecular weight excluding hydrogens is 499 g/mol. The third kappa shape index (κ3) is 6.81. The molecule has 1 aliphatic heterocycles. The van der Waals surface area contributed by atoms with Crippen molar-refractivity contribution in [2.24, 2.45) is 5.92 Å².